The Morgan fingerprint density at radius 2 is 1.00 bits per heavy atom. The summed E-state index contributed by atoms with van der Waals surface area (Å²) in [5, 5.41) is 0. The largest absolute Gasteiger partial charge is 0.768 e. The maximum Gasteiger partial charge on any atom is 0.0248 e. The highest BCUT2D eigenvalue weighted by Gasteiger charge is 1.97. The second-order valence-corrected chi connectivity index (χ2v) is 8.87. The third-order valence-electron chi connectivity index (χ3n) is 5.43. The molecule has 0 heterocycles. The Bertz CT molecular complexity index is 470. The second kappa shape index (κ2) is 17.4. The van der Waals surface area contributed by atoms with E-state index < -0.39 is 11.1 Å². The summed E-state index contributed by atoms with van der Waals surface area (Å²) < 4.78 is 21.7. The summed E-state index contributed by atoms with van der Waals surface area (Å²) in [4.78, 5) is 0.380. The fourth-order valence-electron chi connectivity index (χ4n) is 3.64. The molecule has 0 N–H and O–H groups in total. The zero-order chi connectivity index (χ0) is 19.6. The van der Waals surface area contributed by atoms with Crippen molar-refractivity contribution in [1.82, 2.24) is 0 Å². The number of benzene rings is 1. The molecule has 0 radical (unpaired) electrons. The lowest BCUT2D eigenvalue weighted by Gasteiger charge is -2.06. The third kappa shape index (κ3) is 14.0. The van der Waals surface area contributed by atoms with E-state index in [0.717, 1.165) is 6.42 Å². The van der Waals surface area contributed by atoms with Gasteiger partial charge in [0, 0.05) is 4.90 Å². The normalized spacial score (nSPS) is 12.4. The van der Waals surface area contributed by atoms with Gasteiger partial charge in [-0.2, -0.15) is 0 Å². The van der Waals surface area contributed by atoms with E-state index in [2.05, 4.69) is 6.92 Å². The van der Waals surface area contributed by atoms with E-state index in [4.69, 9.17) is 0 Å². The SMILES string of the molecule is CCCCCCCCCCCCCCCCCCc1ccc(S(=O)[O-])cc1. The minimum absolute atomic E-state index is 0.380. The summed E-state index contributed by atoms with van der Waals surface area (Å²) in [6, 6.07) is 7.28. The zero-order valence-electron chi connectivity index (χ0n) is 17.6. The molecule has 2 nitrogen and oxygen atoms in total. The van der Waals surface area contributed by atoms with Gasteiger partial charge in [-0.3, -0.25) is 4.21 Å². The molecule has 1 atom stereocenters. The van der Waals surface area contributed by atoms with E-state index >= 15 is 0 Å². The first kappa shape index (κ1) is 24.4. The summed E-state index contributed by atoms with van der Waals surface area (Å²) >= 11 is -2.11. The summed E-state index contributed by atoms with van der Waals surface area (Å²) in [7, 11) is 0. The third-order valence-corrected chi connectivity index (χ3v) is 6.09. The second-order valence-electron chi connectivity index (χ2n) is 7.93. The molecule has 0 saturated heterocycles. The minimum Gasteiger partial charge on any atom is -0.768 e. The Morgan fingerprint density at radius 3 is 1.37 bits per heavy atom. The van der Waals surface area contributed by atoms with Crippen LogP contribution in [0.4, 0.5) is 0 Å². The van der Waals surface area contributed by atoms with E-state index in [1.54, 1.807) is 12.1 Å². The van der Waals surface area contributed by atoms with Crippen LogP contribution in [0.15, 0.2) is 29.2 Å². The molecule has 0 fully saturated rings. The number of unbranched alkanes of at least 4 members (excludes halogenated alkanes) is 15. The van der Waals surface area contributed by atoms with E-state index in [0.29, 0.717) is 4.90 Å². The predicted molar refractivity (Wildman–Crippen MR) is 117 cm³/mol. The lowest BCUT2D eigenvalue weighted by atomic mass is 10.0. The lowest BCUT2D eigenvalue weighted by Crippen LogP contribution is -1.91. The first-order chi connectivity index (χ1) is 13.2. The molecule has 0 saturated carbocycles. The van der Waals surface area contributed by atoms with Gasteiger partial charge in [0.1, 0.15) is 0 Å². The van der Waals surface area contributed by atoms with Gasteiger partial charge in [0.05, 0.1) is 0 Å². The number of hydrogen-bond acceptors (Lipinski definition) is 2. The van der Waals surface area contributed by atoms with Gasteiger partial charge in [0.2, 0.25) is 0 Å². The first-order valence-electron chi connectivity index (χ1n) is 11.4. The van der Waals surface area contributed by atoms with Crippen LogP contribution in [-0.2, 0) is 17.5 Å². The van der Waals surface area contributed by atoms with Crippen LogP contribution in [0.25, 0.3) is 0 Å². The molecule has 3 heteroatoms. The summed E-state index contributed by atoms with van der Waals surface area (Å²) in [5.41, 5.74) is 1.24. The highest BCUT2D eigenvalue weighted by Crippen LogP contribution is 2.15. The smallest absolute Gasteiger partial charge is 0.0248 e. The van der Waals surface area contributed by atoms with Crippen molar-refractivity contribution in [3.63, 3.8) is 0 Å². The Morgan fingerprint density at radius 1 is 0.630 bits per heavy atom. The van der Waals surface area contributed by atoms with E-state index in [9.17, 15) is 8.76 Å². The van der Waals surface area contributed by atoms with Crippen LogP contribution in [0, 0.1) is 0 Å². The molecule has 0 aliphatic heterocycles. The minimum atomic E-state index is -2.11. The van der Waals surface area contributed by atoms with Gasteiger partial charge in [-0.15, -0.1) is 0 Å². The first-order valence-corrected chi connectivity index (χ1v) is 12.5. The van der Waals surface area contributed by atoms with Crippen LogP contribution in [0.5, 0.6) is 0 Å². The van der Waals surface area contributed by atoms with Crippen molar-refractivity contribution in [2.75, 3.05) is 0 Å². The molecule has 0 aromatic heterocycles. The molecule has 156 valence electrons. The van der Waals surface area contributed by atoms with E-state index in [1.807, 2.05) is 12.1 Å². The van der Waals surface area contributed by atoms with Crippen molar-refractivity contribution in [2.24, 2.45) is 0 Å². The lowest BCUT2D eigenvalue weighted by molar-refractivity contribution is 0.529. The van der Waals surface area contributed by atoms with Gasteiger partial charge in [-0.1, -0.05) is 115 Å². The van der Waals surface area contributed by atoms with Crippen LogP contribution >= 0.6 is 0 Å². The van der Waals surface area contributed by atoms with Crippen LogP contribution in [-0.4, -0.2) is 8.76 Å². The Labute approximate surface area is 170 Å². The maximum atomic E-state index is 10.8. The van der Waals surface area contributed by atoms with Gasteiger partial charge in [0.25, 0.3) is 0 Å². The van der Waals surface area contributed by atoms with Crippen molar-refractivity contribution in [3.8, 4) is 0 Å². The van der Waals surface area contributed by atoms with Crippen LogP contribution in [0.3, 0.4) is 0 Å². The quantitative estimate of drug-likeness (QED) is 0.189. The zero-order valence-corrected chi connectivity index (χ0v) is 18.4. The van der Waals surface area contributed by atoms with E-state index in [-0.39, 0.29) is 0 Å². The molecule has 1 aromatic carbocycles. The van der Waals surface area contributed by atoms with Crippen LogP contribution in [0.2, 0.25) is 0 Å². The average molecular weight is 394 g/mol. The molecule has 0 spiro atoms. The average Bonchev–Trinajstić information content (AvgIpc) is 2.68. The number of aryl methyl sites for hydroxylation is 1. The van der Waals surface area contributed by atoms with Crippen LogP contribution < -0.4 is 0 Å². The highest BCUT2D eigenvalue weighted by atomic mass is 32.2. The number of rotatable bonds is 18. The van der Waals surface area contributed by atoms with Gasteiger partial charge in [-0.25, -0.2) is 0 Å². The fraction of sp³-hybridized carbons (Fsp3) is 0.750. The van der Waals surface area contributed by atoms with Crippen molar-refractivity contribution < 1.29 is 8.76 Å². The molecule has 1 rings (SSSR count). The summed E-state index contributed by atoms with van der Waals surface area (Å²) in [6.45, 7) is 2.28. The molecule has 0 aliphatic rings. The topological polar surface area (TPSA) is 40.1 Å². The molecule has 0 amide bonds. The molecule has 0 bridgehead atoms. The molecular formula is C24H41O2S-. The van der Waals surface area contributed by atoms with Crippen molar-refractivity contribution in [1.29, 1.82) is 0 Å². The summed E-state index contributed by atoms with van der Waals surface area (Å²) in [6.07, 6.45) is 23.3. The molecule has 0 aliphatic carbocycles. The Kier molecular flexibility index (Phi) is 15.7. The number of hydrogen-bond donors (Lipinski definition) is 0. The van der Waals surface area contributed by atoms with Crippen molar-refractivity contribution in [3.05, 3.63) is 29.8 Å². The van der Waals surface area contributed by atoms with Crippen molar-refractivity contribution in [2.45, 2.75) is 121 Å². The van der Waals surface area contributed by atoms with Gasteiger partial charge in [-0.05, 0) is 41.6 Å². The molecule has 1 aromatic rings. The predicted octanol–water partition coefficient (Wildman–Crippen LogP) is 7.73. The Balaban J connectivity index is 1.81. The Hall–Kier alpha value is -0.670. The van der Waals surface area contributed by atoms with Gasteiger partial charge < -0.3 is 4.55 Å². The monoisotopic (exact) mass is 393 g/mol. The van der Waals surface area contributed by atoms with Crippen LogP contribution in [0.1, 0.15) is 115 Å². The molecule has 1 unspecified atom stereocenters. The maximum absolute atomic E-state index is 10.8. The molecule has 27 heavy (non-hydrogen) atoms. The van der Waals surface area contributed by atoms with Gasteiger partial charge >= 0.3 is 0 Å². The summed E-state index contributed by atoms with van der Waals surface area (Å²) in [5.74, 6) is 0. The van der Waals surface area contributed by atoms with Crippen molar-refractivity contribution >= 4 is 11.1 Å². The van der Waals surface area contributed by atoms with Gasteiger partial charge in [0.15, 0.2) is 0 Å². The standard InChI is InChI=1S/C24H42O2S/c1-2-3-4-5-6-7-8-9-10-11-12-13-14-15-16-17-18-23-19-21-24(22-20-23)27(25)26/h19-22H,2-18H2,1H3,(H,25,26)/p-1. The highest BCUT2D eigenvalue weighted by molar-refractivity contribution is 7.79. The molecular weight excluding hydrogens is 352 g/mol. The van der Waals surface area contributed by atoms with E-state index in [1.165, 1.54) is 108 Å². The fourth-order valence-corrected chi connectivity index (χ4v) is 4.00.